The molecule has 1 aromatic rings. The number of hydrogen-bond donors (Lipinski definition) is 2. The lowest BCUT2D eigenvalue weighted by Crippen LogP contribution is -2.52. The summed E-state index contributed by atoms with van der Waals surface area (Å²) in [5.41, 5.74) is 6.02. The van der Waals surface area contributed by atoms with Gasteiger partial charge in [0.1, 0.15) is 5.54 Å². The van der Waals surface area contributed by atoms with Gasteiger partial charge >= 0.3 is 0 Å². The van der Waals surface area contributed by atoms with Crippen molar-refractivity contribution in [3.8, 4) is 0 Å². The van der Waals surface area contributed by atoms with Gasteiger partial charge in [0.15, 0.2) is 0 Å². The maximum Gasteiger partial charge on any atom is 0.244 e. The molecule has 3 N–H and O–H groups in total. The van der Waals surface area contributed by atoms with Gasteiger partial charge in [-0.05, 0) is 25.2 Å². The van der Waals surface area contributed by atoms with E-state index in [-0.39, 0.29) is 11.9 Å². The first-order chi connectivity index (χ1) is 8.52. The highest BCUT2D eigenvalue weighted by molar-refractivity contribution is 7.98. The highest BCUT2D eigenvalue weighted by Crippen LogP contribution is 2.18. The van der Waals surface area contributed by atoms with E-state index in [4.69, 9.17) is 5.73 Å². The van der Waals surface area contributed by atoms with Gasteiger partial charge in [-0.2, -0.15) is 11.8 Å². The number of nitrogens with one attached hydrogen (secondary N) is 1. The highest BCUT2D eigenvalue weighted by atomic mass is 32.2. The quantitative estimate of drug-likeness (QED) is 0.829. The van der Waals surface area contributed by atoms with Crippen LogP contribution in [-0.2, 0) is 10.3 Å². The first-order valence-corrected chi connectivity index (χ1v) is 7.56. The monoisotopic (exact) mass is 266 g/mol. The normalized spacial score (nSPS) is 15.8. The maximum atomic E-state index is 12.3. The van der Waals surface area contributed by atoms with Gasteiger partial charge in [0.05, 0.1) is 0 Å². The lowest BCUT2D eigenvalue weighted by atomic mass is 9.92. The Labute approximate surface area is 114 Å². The second kappa shape index (κ2) is 6.81. The average Bonchev–Trinajstić information content (AvgIpc) is 2.39. The molecule has 2 atom stereocenters. The zero-order chi connectivity index (χ0) is 13.6. The summed E-state index contributed by atoms with van der Waals surface area (Å²) in [6.45, 7) is 3.82. The van der Waals surface area contributed by atoms with E-state index in [9.17, 15) is 4.79 Å². The number of carbonyl (C=O) groups is 1. The molecule has 0 aliphatic rings. The Hall–Kier alpha value is -1.00. The van der Waals surface area contributed by atoms with E-state index in [1.54, 1.807) is 18.7 Å². The lowest BCUT2D eigenvalue weighted by Gasteiger charge is -2.27. The zero-order valence-corrected chi connectivity index (χ0v) is 12.1. The fourth-order valence-corrected chi connectivity index (χ4v) is 2.43. The van der Waals surface area contributed by atoms with Gasteiger partial charge in [-0.15, -0.1) is 0 Å². The Morgan fingerprint density at radius 2 is 2.06 bits per heavy atom. The van der Waals surface area contributed by atoms with E-state index >= 15 is 0 Å². The van der Waals surface area contributed by atoms with E-state index in [0.717, 1.165) is 17.7 Å². The van der Waals surface area contributed by atoms with Gasteiger partial charge in [-0.1, -0.05) is 37.3 Å². The predicted molar refractivity (Wildman–Crippen MR) is 78.6 cm³/mol. The summed E-state index contributed by atoms with van der Waals surface area (Å²) in [7, 11) is 0. The van der Waals surface area contributed by atoms with E-state index < -0.39 is 5.54 Å². The lowest BCUT2D eigenvalue weighted by molar-refractivity contribution is -0.126. The molecule has 0 bridgehead atoms. The molecule has 0 aromatic heterocycles. The molecule has 0 saturated heterocycles. The van der Waals surface area contributed by atoms with Gasteiger partial charge in [0.2, 0.25) is 5.91 Å². The maximum absolute atomic E-state index is 12.3. The molecular weight excluding hydrogens is 244 g/mol. The fraction of sp³-hybridized carbons (Fsp3) is 0.500. The van der Waals surface area contributed by atoms with Gasteiger partial charge in [0.25, 0.3) is 0 Å². The molecule has 0 heterocycles. The molecule has 0 aliphatic carbocycles. The molecule has 0 spiro atoms. The van der Waals surface area contributed by atoms with Crippen LogP contribution in [0.1, 0.15) is 25.8 Å². The van der Waals surface area contributed by atoms with Crippen LogP contribution in [-0.4, -0.2) is 24.0 Å². The number of nitrogens with two attached hydrogens (primary N) is 1. The number of carbonyl (C=O) groups excluding carboxylic acids is 1. The Bertz CT molecular complexity index is 379. The van der Waals surface area contributed by atoms with Crippen molar-refractivity contribution < 1.29 is 4.79 Å². The van der Waals surface area contributed by atoms with Crippen molar-refractivity contribution in [1.29, 1.82) is 0 Å². The Balaban J connectivity index is 2.76. The van der Waals surface area contributed by atoms with Crippen LogP contribution in [0.3, 0.4) is 0 Å². The van der Waals surface area contributed by atoms with Crippen molar-refractivity contribution in [3.63, 3.8) is 0 Å². The zero-order valence-electron chi connectivity index (χ0n) is 11.3. The van der Waals surface area contributed by atoms with Gasteiger partial charge < -0.3 is 11.1 Å². The van der Waals surface area contributed by atoms with Gasteiger partial charge in [-0.25, -0.2) is 0 Å². The van der Waals surface area contributed by atoms with Crippen molar-refractivity contribution in [2.24, 2.45) is 5.73 Å². The summed E-state index contributed by atoms with van der Waals surface area (Å²) in [5, 5.41) is 3.02. The number of thioether (sulfide) groups is 1. The summed E-state index contributed by atoms with van der Waals surface area (Å²) in [4.78, 5) is 12.3. The third kappa shape index (κ3) is 3.75. The van der Waals surface area contributed by atoms with Crippen LogP contribution < -0.4 is 11.1 Å². The molecule has 18 heavy (non-hydrogen) atoms. The minimum atomic E-state index is -0.979. The van der Waals surface area contributed by atoms with Crippen molar-refractivity contribution in [2.45, 2.75) is 31.8 Å². The van der Waals surface area contributed by atoms with Crippen LogP contribution in [0.5, 0.6) is 0 Å². The summed E-state index contributed by atoms with van der Waals surface area (Å²) in [6.07, 6.45) is 2.95. The molecule has 100 valence electrons. The SMILES string of the molecule is CCC(CSC)NC(=O)C(C)(N)c1ccccc1. The minimum absolute atomic E-state index is 0.116. The van der Waals surface area contributed by atoms with Gasteiger partial charge in [0, 0.05) is 11.8 Å². The van der Waals surface area contributed by atoms with E-state index in [1.165, 1.54) is 0 Å². The standard InChI is InChI=1S/C14H22N2OS/c1-4-12(10-18-3)16-13(17)14(2,15)11-8-6-5-7-9-11/h5-9,12H,4,10,15H2,1-3H3,(H,16,17). The summed E-state index contributed by atoms with van der Waals surface area (Å²) < 4.78 is 0. The van der Waals surface area contributed by atoms with Crippen molar-refractivity contribution in [2.75, 3.05) is 12.0 Å². The average molecular weight is 266 g/mol. The molecule has 1 rings (SSSR count). The summed E-state index contributed by atoms with van der Waals surface area (Å²) in [6, 6.07) is 9.66. The van der Waals surface area contributed by atoms with Crippen LogP contribution in [0.2, 0.25) is 0 Å². The Morgan fingerprint density at radius 1 is 1.44 bits per heavy atom. The number of benzene rings is 1. The number of rotatable bonds is 6. The summed E-state index contributed by atoms with van der Waals surface area (Å²) in [5.74, 6) is 0.794. The van der Waals surface area contributed by atoms with Crippen LogP contribution in [0.25, 0.3) is 0 Å². The van der Waals surface area contributed by atoms with Crippen molar-refractivity contribution in [1.82, 2.24) is 5.32 Å². The van der Waals surface area contributed by atoms with Crippen LogP contribution >= 0.6 is 11.8 Å². The third-order valence-corrected chi connectivity index (χ3v) is 3.78. The molecule has 0 aliphatic heterocycles. The highest BCUT2D eigenvalue weighted by Gasteiger charge is 2.31. The topological polar surface area (TPSA) is 55.1 Å². The van der Waals surface area contributed by atoms with E-state index in [2.05, 4.69) is 12.2 Å². The molecular formula is C14H22N2OS. The molecule has 0 saturated carbocycles. The summed E-state index contributed by atoms with van der Waals surface area (Å²) >= 11 is 1.73. The van der Waals surface area contributed by atoms with Crippen molar-refractivity contribution >= 4 is 17.7 Å². The molecule has 2 unspecified atom stereocenters. The van der Waals surface area contributed by atoms with E-state index in [0.29, 0.717) is 0 Å². The van der Waals surface area contributed by atoms with Gasteiger partial charge in [-0.3, -0.25) is 4.79 Å². The third-order valence-electron chi connectivity index (χ3n) is 3.04. The first-order valence-electron chi connectivity index (χ1n) is 6.16. The molecule has 0 radical (unpaired) electrons. The van der Waals surface area contributed by atoms with Crippen LogP contribution in [0, 0.1) is 0 Å². The number of amides is 1. The molecule has 3 nitrogen and oxygen atoms in total. The smallest absolute Gasteiger partial charge is 0.244 e. The number of hydrogen-bond acceptors (Lipinski definition) is 3. The largest absolute Gasteiger partial charge is 0.351 e. The Kier molecular flexibility index (Phi) is 5.69. The molecule has 1 aromatic carbocycles. The van der Waals surface area contributed by atoms with Crippen LogP contribution in [0.15, 0.2) is 30.3 Å². The molecule has 0 fully saturated rings. The van der Waals surface area contributed by atoms with Crippen molar-refractivity contribution in [3.05, 3.63) is 35.9 Å². The fourth-order valence-electron chi connectivity index (χ4n) is 1.71. The predicted octanol–water partition coefficient (Wildman–Crippen LogP) is 2.12. The Morgan fingerprint density at radius 3 is 2.56 bits per heavy atom. The second-order valence-corrected chi connectivity index (χ2v) is 5.51. The second-order valence-electron chi connectivity index (χ2n) is 4.60. The molecule has 4 heteroatoms. The minimum Gasteiger partial charge on any atom is -0.351 e. The first kappa shape index (κ1) is 15.1. The van der Waals surface area contributed by atoms with E-state index in [1.807, 2.05) is 36.6 Å². The van der Waals surface area contributed by atoms with Crippen LogP contribution in [0.4, 0.5) is 0 Å². The molecule has 1 amide bonds.